The SMILES string of the molecule is COc1c(F)c(Cl)cc(C(N)C(=O)O)c1F. The summed E-state index contributed by atoms with van der Waals surface area (Å²) < 4.78 is 31.2. The van der Waals surface area contributed by atoms with E-state index in [0.717, 1.165) is 13.2 Å². The Morgan fingerprint density at radius 3 is 2.56 bits per heavy atom. The highest BCUT2D eigenvalue weighted by Gasteiger charge is 2.25. The second-order valence-corrected chi connectivity index (χ2v) is 3.33. The molecule has 1 rings (SSSR count). The van der Waals surface area contributed by atoms with Gasteiger partial charge in [0.1, 0.15) is 6.04 Å². The first kappa shape index (κ1) is 12.7. The van der Waals surface area contributed by atoms with Crippen LogP contribution in [0.25, 0.3) is 0 Å². The molecule has 0 amide bonds. The van der Waals surface area contributed by atoms with Crippen molar-refractivity contribution >= 4 is 17.6 Å². The summed E-state index contributed by atoms with van der Waals surface area (Å²) in [5.74, 6) is -4.47. The van der Waals surface area contributed by atoms with Crippen LogP contribution < -0.4 is 10.5 Å². The number of hydrogen-bond acceptors (Lipinski definition) is 3. The number of carbonyl (C=O) groups is 1. The van der Waals surface area contributed by atoms with Crippen LogP contribution in [0.5, 0.6) is 5.75 Å². The Labute approximate surface area is 94.6 Å². The molecule has 0 saturated heterocycles. The molecule has 0 bridgehead atoms. The number of ether oxygens (including phenoxy) is 1. The standard InChI is InChI=1S/C9H8ClF2NO3/c1-16-8-5(11)3(7(13)9(14)15)2-4(10)6(8)12/h2,7H,13H2,1H3,(H,14,15). The van der Waals surface area contributed by atoms with E-state index < -0.39 is 40.0 Å². The summed E-state index contributed by atoms with van der Waals surface area (Å²) in [7, 11) is 1.04. The van der Waals surface area contributed by atoms with Crippen LogP contribution >= 0.6 is 11.6 Å². The van der Waals surface area contributed by atoms with Crippen molar-refractivity contribution in [2.45, 2.75) is 6.04 Å². The summed E-state index contributed by atoms with van der Waals surface area (Å²) in [6.45, 7) is 0. The van der Waals surface area contributed by atoms with Crippen molar-refractivity contribution in [3.63, 3.8) is 0 Å². The van der Waals surface area contributed by atoms with Gasteiger partial charge in [-0.25, -0.2) is 8.78 Å². The van der Waals surface area contributed by atoms with Crippen LogP contribution in [0.2, 0.25) is 5.02 Å². The van der Waals surface area contributed by atoms with Crippen LogP contribution in [0, 0.1) is 11.6 Å². The fourth-order valence-electron chi connectivity index (χ4n) is 1.14. The normalized spacial score (nSPS) is 12.3. The minimum atomic E-state index is -1.63. The molecule has 88 valence electrons. The molecular formula is C9H8ClF2NO3. The van der Waals surface area contributed by atoms with Crippen LogP contribution in [-0.4, -0.2) is 18.2 Å². The van der Waals surface area contributed by atoms with E-state index in [0.29, 0.717) is 0 Å². The number of hydrogen-bond donors (Lipinski definition) is 2. The zero-order chi connectivity index (χ0) is 12.5. The van der Waals surface area contributed by atoms with Gasteiger partial charge in [0.25, 0.3) is 0 Å². The van der Waals surface area contributed by atoms with E-state index in [2.05, 4.69) is 4.74 Å². The predicted molar refractivity (Wildman–Crippen MR) is 52.5 cm³/mol. The Kier molecular flexibility index (Phi) is 3.66. The summed E-state index contributed by atoms with van der Waals surface area (Å²) >= 11 is 5.45. The molecule has 1 atom stereocenters. The van der Waals surface area contributed by atoms with E-state index in [1.807, 2.05) is 0 Å². The van der Waals surface area contributed by atoms with Gasteiger partial charge in [0.15, 0.2) is 17.4 Å². The Morgan fingerprint density at radius 1 is 1.56 bits per heavy atom. The lowest BCUT2D eigenvalue weighted by Gasteiger charge is -2.12. The maximum atomic E-state index is 13.6. The van der Waals surface area contributed by atoms with Crippen molar-refractivity contribution < 1.29 is 23.4 Å². The van der Waals surface area contributed by atoms with Gasteiger partial charge in [-0.15, -0.1) is 0 Å². The van der Waals surface area contributed by atoms with Crippen LogP contribution in [0.15, 0.2) is 6.07 Å². The van der Waals surface area contributed by atoms with Gasteiger partial charge in [-0.05, 0) is 6.07 Å². The van der Waals surface area contributed by atoms with Crippen molar-refractivity contribution in [3.8, 4) is 5.75 Å². The average molecular weight is 252 g/mol. The third-order valence-corrected chi connectivity index (χ3v) is 2.22. The number of carboxylic acids is 1. The number of rotatable bonds is 3. The maximum Gasteiger partial charge on any atom is 0.325 e. The number of benzene rings is 1. The lowest BCUT2D eigenvalue weighted by atomic mass is 10.1. The molecule has 1 aromatic rings. The molecule has 0 fully saturated rings. The largest absolute Gasteiger partial charge is 0.491 e. The quantitative estimate of drug-likeness (QED) is 0.802. The van der Waals surface area contributed by atoms with Crippen molar-refractivity contribution in [3.05, 3.63) is 28.3 Å². The smallest absolute Gasteiger partial charge is 0.325 e. The van der Waals surface area contributed by atoms with Gasteiger partial charge in [0, 0.05) is 5.56 Å². The lowest BCUT2D eigenvalue weighted by molar-refractivity contribution is -0.138. The zero-order valence-corrected chi connectivity index (χ0v) is 8.89. The molecule has 0 aliphatic rings. The molecule has 0 aromatic heterocycles. The van der Waals surface area contributed by atoms with E-state index in [1.54, 1.807) is 0 Å². The molecule has 4 nitrogen and oxygen atoms in total. The first-order valence-corrected chi connectivity index (χ1v) is 4.47. The Morgan fingerprint density at radius 2 is 2.12 bits per heavy atom. The summed E-state index contributed by atoms with van der Waals surface area (Å²) in [5.41, 5.74) is 4.77. The highest BCUT2D eigenvalue weighted by atomic mass is 35.5. The molecular weight excluding hydrogens is 244 g/mol. The third-order valence-electron chi connectivity index (χ3n) is 1.95. The summed E-state index contributed by atoms with van der Waals surface area (Å²) in [5, 5.41) is 8.16. The third kappa shape index (κ3) is 2.07. The van der Waals surface area contributed by atoms with Crippen molar-refractivity contribution in [2.24, 2.45) is 5.73 Å². The first-order valence-electron chi connectivity index (χ1n) is 4.10. The molecule has 1 aromatic carbocycles. The van der Waals surface area contributed by atoms with Gasteiger partial charge in [0.2, 0.25) is 0 Å². The molecule has 16 heavy (non-hydrogen) atoms. The molecule has 1 unspecified atom stereocenters. The molecule has 0 saturated carbocycles. The van der Waals surface area contributed by atoms with Gasteiger partial charge in [-0.3, -0.25) is 4.79 Å². The number of nitrogens with two attached hydrogens (primary N) is 1. The van der Waals surface area contributed by atoms with Gasteiger partial charge < -0.3 is 15.6 Å². The van der Waals surface area contributed by atoms with Gasteiger partial charge in [-0.1, -0.05) is 11.6 Å². The van der Waals surface area contributed by atoms with Crippen LogP contribution in [-0.2, 0) is 4.79 Å². The first-order chi connectivity index (χ1) is 7.40. The molecule has 0 heterocycles. The van der Waals surface area contributed by atoms with Crippen LogP contribution in [0.4, 0.5) is 8.78 Å². The van der Waals surface area contributed by atoms with Gasteiger partial charge in [0.05, 0.1) is 12.1 Å². The molecule has 0 radical (unpaired) electrons. The Hall–Kier alpha value is -1.40. The monoisotopic (exact) mass is 251 g/mol. The van der Waals surface area contributed by atoms with E-state index in [1.165, 1.54) is 0 Å². The fraction of sp³-hybridized carbons (Fsp3) is 0.222. The number of halogens is 3. The molecule has 7 heteroatoms. The van der Waals surface area contributed by atoms with Crippen molar-refractivity contribution in [1.29, 1.82) is 0 Å². The molecule has 0 spiro atoms. The second kappa shape index (κ2) is 4.63. The fourth-order valence-corrected chi connectivity index (χ4v) is 1.34. The van der Waals surface area contributed by atoms with Gasteiger partial charge in [-0.2, -0.15) is 0 Å². The minimum Gasteiger partial charge on any atom is -0.491 e. The zero-order valence-electron chi connectivity index (χ0n) is 8.13. The van der Waals surface area contributed by atoms with E-state index in [4.69, 9.17) is 22.4 Å². The number of methoxy groups -OCH3 is 1. The van der Waals surface area contributed by atoms with Gasteiger partial charge >= 0.3 is 5.97 Å². The lowest BCUT2D eigenvalue weighted by Crippen LogP contribution is -2.22. The molecule has 3 N–H and O–H groups in total. The van der Waals surface area contributed by atoms with Crippen molar-refractivity contribution in [1.82, 2.24) is 0 Å². The van der Waals surface area contributed by atoms with E-state index in [9.17, 15) is 13.6 Å². The van der Waals surface area contributed by atoms with Crippen LogP contribution in [0.1, 0.15) is 11.6 Å². The second-order valence-electron chi connectivity index (χ2n) is 2.92. The van der Waals surface area contributed by atoms with Crippen LogP contribution in [0.3, 0.4) is 0 Å². The maximum absolute atomic E-state index is 13.6. The van der Waals surface area contributed by atoms with E-state index in [-0.39, 0.29) is 0 Å². The predicted octanol–water partition coefficient (Wildman–Crippen LogP) is 1.71. The topological polar surface area (TPSA) is 72.5 Å². The highest BCUT2D eigenvalue weighted by molar-refractivity contribution is 6.31. The average Bonchev–Trinajstić information content (AvgIpc) is 2.23. The summed E-state index contributed by atoms with van der Waals surface area (Å²) in [4.78, 5) is 10.6. The summed E-state index contributed by atoms with van der Waals surface area (Å²) in [6.07, 6.45) is 0. The minimum absolute atomic E-state index is 0.434. The molecule has 0 aliphatic heterocycles. The van der Waals surface area contributed by atoms with E-state index >= 15 is 0 Å². The number of aliphatic carboxylic acids is 1. The highest BCUT2D eigenvalue weighted by Crippen LogP contribution is 2.32. The Bertz CT molecular complexity index is 439. The Balaban J connectivity index is 3.42. The number of carboxylic acid groups (broad SMARTS) is 1. The molecule has 0 aliphatic carbocycles. The van der Waals surface area contributed by atoms with Crippen molar-refractivity contribution in [2.75, 3.05) is 7.11 Å². The summed E-state index contributed by atoms with van der Waals surface area (Å²) in [6, 6.07) is -0.805.